The minimum atomic E-state index is -0.429. The molecule has 1 amide bonds. The van der Waals surface area contributed by atoms with Gasteiger partial charge in [-0.05, 0) is 6.42 Å². The molecule has 102 valence electrons. The molecule has 0 aliphatic heterocycles. The van der Waals surface area contributed by atoms with Crippen molar-refractivity contribution in [1.29, 1.82) is 0 Å². The summed E-state index contributed by atoms with van der Waals surface area (Å²) in [6.07, 6.45) is 9.60. The maximum Gasteiger partial charge on any atom is 0.407 e. The van der Waals surface area contributed by atoms with Crippen molar-refractivity contribution < 1.29 is 14.6 Å². The molecule has 0 atom stereocenters. The van der Waals surface area contributed by atoms with Gasteiger partial charge in [0, 0.05) is 6.54 Å². The van der Waals surface area contributed by atoms with E-state index in [9.17, 15) is 4.79 Å². The van der Waals surface area contributed by atoms with Crippen LogP contribution in [0, 0.1) is 0 Å². The molecule has 0 saturated carbocycles. The van der Waals surface area contributed by atoms with Crippen molar-refractivity contribution in [3.05, 3.63) is 0 Å². The third-order valence-electron chi connectivity index (χ3n) is 2.62. The third kappa shape index (κ3) is 13.2. The summed E-state index contributed by atoms with van der Waals surface area (Å²) in [6, 6.07) is 0. The van der Waals surface area contributed by atoms with Gasteiger partial charge in [0.2, 0.25) is 0 Å². The van der Waals surface area contributed by atoms with E-state index < -0.39 is 6.09 Å². The normalized spacial score (nSPS) is 10.2. The number of carbonyl (C=O) groups is 1. The maximum atomic E-state index is 11.0. The van der Waals surface area contributed by atoms with Crippen molar-refractivity contribution in [3.63, 3.8) is 0 Å². The largest absolute Gasteiger partial charge is 0.447 e. The van der Waals surface area contributed by atoms with Crippen LogP contribution in [-0.4, -0.2) is 31.0 Å². The number of aliphatic hydroxyl groups excluding tert-OH is 1. The molecule has 0 rings (SSSR count). The highest BCUT2D eigenvalue weighted by molar-refractivity contribution is 5.66. The predicted molar refractivity (Wildman–Crippen MR) is 69.0 cm³/mol. The number of alkyl carbamates (subject to hydrolysis) is 1. The molecule has 0 bridgehead atoms. The Morgan fingerprint density at radius 1 is 1.06 bits per heavy atom. The number of unbranched alkanes of at least 4 members (excludes halogenated alkanes) is 7. The molecule has 0 radical (unpaired) electrons. The van der Waals surface area contributed by atoms with E-state index in [4.69, 9.17) is 5.11 Å². The molecule has 0 aliphatic carbocycles. The van der Waals surface area contributed by atoms with Crippen LogP contribution in [0.5, 0.6) is 0 Å². The quantitative estimate of drug-likeness (QED) is 0.550. The van der Waals surface area contributed by atoms with E-state index >= 15 is 0 Å². The number of amides is 1. The SMILES string of the molecule is CCCCCCCCCCNC(=O)OCCO. The lowest BCUT2D eigenvalue weighted by Crippen LogP contribution is -2.26. The Balaban J connectivity index is 3.05. The summed E-state index contributed by atoms with van der Waals surface area (Å²) in [5, 5.41) is 11.1. The maximum absolute atomic E-state index is 11.0. The Hall–Kier alpha value is -0.770. The van der Waals surface area contributed by atoms with E-state index in [1.54, 1.807) is 0 Å². The van der Waals surface area contributed by atoms with Gasteiger partial charge in [-0.2, -0.15) is 0 Å². The van der Waals surface area contributed by atoms with E-state index in [1.165, 1.54) is 38.5 Å². The van der Waals surface area contributed by atoms with Gasteiger partial charge in [0.05, 0.1) is 6.61 Å². The molecule has 4 heteroatoms. The number of ether oxygens (including phenoxy) is 1. The van der Waals surface area contributed by atoms with Gasteiger partial charge in [-0.3, -0.25) is 0 Å². The summed E-state index contributed by atoms with van der Waals surface area (Å²) < 4.78 is 4.66. The van der Waals surface area contributed by atoms with Crippen LogP contribution in [0.15, 0.2) is 0 Å². The number of hydrogen-bond donors (Lipinski definition) is 2. The van der Waals surface area contributed by atoms with Gasteiger partial charge in [0.25, 0.3) is 0 Å². The van der Waals surface area contributed by atoms with E-state index in [-0.39, 0.29) is 13.2 Å². The highest BCUT2D eigenvalue weighted by atomic mass is 16.6. The molecule has 0 aromatic rings. The van der Waals surface area contributed by atoms with Gasteiger partial charge in [0.1, 0.15) is 6.61 Å². The summed E-state index contributed by atoms with van der Waals surface area (Å²) in [6.45, 7) is 2.84. The second kappa shape index (κ2) is 13.3. The van der Waals surface area contributed by atoms with E-state index in [2.05, 4.69) is 17.0 Å². The van der Waals surface area contributed by atoms with Crippen LogP contribution < -0.4 is 5.32 Å². The van der Waals surface area contributed by atoms with Crippen LogP contribution >= 0.6 is 0 Å². The zero-order valence-corrected chi connectivity index (χ0v) is 11.0. The van der Waals surface area contributed by atoms with E-state index in [1.807, 2.05) is 0 Å². The highest BCUT2D eigenvalue weighted by Gasteiger charge is 1.99. The van der Waals surface area contributed by atoms with Gasteiger partial charge in [-0.25, -0.2) is 4.79 Å². The van der Waals surface area contributed by atoms with Gasteiger partial charge in [-0.1, -0.05) is 51.9 Å². The molecule has 0 spiro atoms. The second-order valence-corrected chi connectivity index (χ2v) is 4.26. The van der Waals surface area contributed by atoms with Crippen molar-refractivity contribution in [2.24, 2.45) is 0 Å². The highest BCUT2D eigenvalue weighted by Crippen LogP contribution is 2.07. The van der Waals surface area contributed by atoms with E-state index in [0.717, 1.165) is 12.8 Å². The van der Waals surface area contributed by atoms with Crippen molar-refractivity contribution in [2.45, 2.75) is 58.3 Å². The molecule has 17 heavy (non-hydrogen) atoms. The number of carbonyl (C=O) groups excluding carboxylic acids is 1. The monoisotopic (exact) mass is 245 g/mol. The zero-order chi connectivity index (χ0) is 12.8. The van der Waals surface area contributed by atoms with Crippen molar-refractivity contribution in [3.8, 4) is 0 Å². The first-order valence-corrected chi connectivity index (χ1v) is 6.82. The van der Waals surface area contributed by atoms with Crippen LogP contribution in [0.25, 0.3) is 0 Å². The van der Waals surface area contributed by atoms with Crippen LogP contribution in [-0.2, 0) is 4.74 Å². The predicted octanol–water partition coefficient (Wildman–Crippen LogP) is 2.85. The summed E-state index contributed by atoms with van der Waals surface area (Å²) in [5.41, 5.74) is 0. The molecule has 0 fully saturated rings. The van der Waals surface area contributed by atoms with Crippen LogP contribution in [0.4, 0.5) is 4.79 Å². The molecule has 0 aliphatic rings. The minimum absolute atomic E-state index is 0.0727. The fourth-order valence-corrected chi connectivity index (χ4v) is 1.64. The second-order valence-electron chi connectivity index (χ2n) is 4.26. The Morgan fingerprint density at radius 3 is 2.24 bits per heavy atom. The van der Waals surface area contributed by atoms with Crippen molar-refractivity contribution in [2.75, 3.05) is 19.8 Å². The Labute approximate surface area is 105 Å². The molecule has 0 heterocycles. The zero-order valence-electron chi connectivity index (χ0n) is 11.0. The minimum Gasteiger partial charge on any atom is -0.447 e. The van der Waals surface area contributed by atoms with Gasteiger partial charge in [0.15, 0.2) is 0 Å². The van der Waals surface area contributed by atoms with Crippen LogP contribution in [0.2, 0.25) is 0 Å². The van der Waals surface area contributed by atoms with Crippen LogP contribution in [0.1, 0.15) is 58.3 Å². The molecule has 0 saturated heterocycles. The molecular formula is C13H27NO3. The lowest BCUT2D eigenvalue weighted by molar-refractivity contribution is 0.119. The topological polar surface area (TPSA) is 58.6 Å². The number of aliphatic hydroxyl groups is 1. The third-order valence-corrected chi connectivity index (χ3v) is 2.62. The smallest absolute Gasteiger partial charge is 0.407 e. The molecule has 0 aromatic heterocycles. The Kier molecular flexibility index (Phi) is 12.7. The summed E-state index contributed by atoms with van der Waals surface area (Å²) >= 11 is 0. The summed E-state index contributed by atoms with van der Waals surface area (Å²) in [7, 11) is 0. The summed E-state index contributed by atoms with van der Waals surface area (Å²) in [5.74, 6) is 0. The number of rotatable bonds is 11. The standard InChI is InChI=1S/C13H27NO3/c1-2-3-4-5-6-7-8-9-10-14-13(16)17-12-11-15/h15H,2-12H2,1H3,(H,14,16). The summed E-state index contributed by atoms with van der Waals surface area (Å²) in [4.78, 5) is 11.0. The Bertz CT molecular complexity index is 174. The van der Waals surface area contributed by atoms with Gasteiger partial charge in [-0.15, -0.1) is 0 Å². The number of hydrogen-bond acceptors (Lipinski definition) is 3. The van der Waals surface area contributed by atoms with Gasteiger partial charge >= 0.3 is 6.09 Å². The first-order valence-electron chi connectivity index (χ1n) is 6.82. The lowest BCUT2D eigenvalue weighted by atomic mass is 10.1. The molecular weight excluding hydrogens is 218 g/mol. The van der Waals surface area contributed by atoms with Crippen molar-refractivity contribution >= 4 is 6.09 Å². The molecule has 0 unspecified atom stereocenters. The molecule has 0 aromatic carbocycles. The first-order chi connectivity index (χ1) is 8.31. The molecule has 4 nitrogen and oxygen atoms in total. The van der Waals surface area contributed by atoms with Crippen molar-refractivity contribution in [1.82, 2.24) is 5.32 Å². The van der Waals surface area contributed by atoms with Gasteiger partial charge < -0.3 is 15.2 Å². The lowest BCUT2D eigenvalue weighted by Gasteiger charge is -2.05. The fraction of sp³-hybridized carbons (Fsp3) is 0.923. The fourth-order valence-electron chi connectivity index (χ4n) is 1.64. The number of nitrogens with one attached hydrogen (secondary N) is 1. The van der Waals surface area contributed by atoms with E-state index in [0.29, 0.717) is 6.54 Å². The average molecular weight is 245 g/mol. The van der Waals surface area contributed by atoms with Crippen LogP contribution in [0.3, 0.4) is 0 Å². The Morgan fingerprint density at radius 2 is 1.65 bits per heavy atom. The first kappa shape index (κ1) is 16.2. The molecule has 2 N–H and O–H groups in total. The average Bonchev–Trinajstić information content (AvgIpc) is 2.34.